The minimum absolute atomic E-state index is 0.236. The van der Waals surface area contributed by atoms with Crippen molar-refractivity contribution in [3.05, 3.63) is 96.6 Å². The van der Waals surface area contributed by atoms with Gasteiger partial charge >= 0.3 is 0 Å². The van der Waals surface area contributed by atoms with Gasteiger partial charge in [-0.3, -0.25) is 9.10 Å². The van der Waals surface area contributed by atoms with Gasteiger partial charge in [-0.1, -0.05) is 30.3 Å². The number of benzene rings is 4. The van der Waals surface area contributed by atoms with Gasteiger partial charge in [0.05, 0.1) is 10.6 Å². The molecule has 0 bridgehead atoms. The number of thioether (sulfide) groups is 1. The van der Waals surface area contributed by atoms with Crippen LogP contribution in [-0.4, -0.2) is 27.1 Å². The maximum Gasteiger partial charge on any atom is 0.264 e. The quantitative estimate of drug-likeness (QED) is 0.331. The molecule has 4 aromatic rings. The molecule has 1 N–H and O–H groups in total. The largest absolute Gasteiger partial charge is 0.322 e. The van der Waals surface area contributed by atoms with E-state index in [-0.39, 0.29) is 17.3 Å². The molecule has 168 valence electrons. The average Bonchev–Trinajstić information content (AvgIpc) is 2.84. The van der Waals surface area contributed by atoms with Crippen LogP contribution in [0.5, 0.6) is 0 Å². The van der Waals surface area contributed by atoms with E-state index in [2.05, 4.69) is 5.32 Å². The van der Waals surface area contributed by atoms with Crippen LogP contribution in [0.15, 0.2) is 101 Å². The normalized spacial score (nSPS) is 11.3. The number of nitrogens with one attached hydrogen (secondary N) is 1. The first kappa shape index (κ1) is 22.9. The number of amides is 1. The molecular weight excluding hydrogens is 452 g/mol. The molecule has 0 spiro atoms. The van der Waals surface area contributed by atoms with Crippen molar-refractivity contribution in [3.8, 4) is 0 Å². The number of fused-ring (bicyclic) bond motifs is 1. The van der Waals surface area contributed by atoms with Gasteiger partial charge in [-0.25, -0.2) is 8.42 Å². The standard InChI is InChI=1S/C26H24N2O3S2/c1-3-28(33(30,31)25-16-14-24(32-2)15-17-25)23-12-9-20(10-13-23)26(29)27-22-11-8-19-6-4-5-7-21(19)18-22/h4-18H,3H2,1-2H3,(H,27,29). The number of nitrogens with zero attached hydrogens (tertiary/aromatic N) is 1. The van der Waals surface area contributed by atoms with Crippen molar-refractivity contribution in [2.45, 2.75) is 16.7 Å². The zero-order valence-electron chi connectivity index (χ0n) is 18.4. The molecule has 0 radical (unpaired) electrons. The maximum atomic E-state index is 13.2. The van der Waals surface area contributed by atoms with E-state index in [0.29, 0.717) is 16.9 Å². The molecule has 0 aromatic heterocycles. The predicted octanol–water partition coefficient (Wildman–Crippen LogP) is 6.03. The average molecular weight is 477 g/mol. The zero-order chi connectivity index (χ0) is 23.4. The third-order valence-corrected chi connectivity index (χ3v) is 8.02. The summed E-state index contributed by atoms with van der Waals surface area (Å²) in [4.78, 5) is 14.0. The van der Waals surface area contributed by atoms with Crippen LogP contribution < -0.4 is 9.62 Å². The highest BCUT2D eigenvalue weighted by Gasteiger charge is 2.23. The van der Waals surface area contributed by atoms with Gasteiger partial charge in [0.1, 0.15) is 0 Å². The number of anilines is 2. The van der Waals surface area contributed by atoms with Gasteiger partial charge in [0.25, 0.3) is 15.9 Å². The molecule has 0 saturated heterocycles. The van der Waals surface area contributed by atoms with Gasteiger partial charge in [0, 0.05) is 22.7 Å². The van der Waals surface area contributed by atoms with E-state index in [1.807, 2.05) is 48.7 Å². The Hall–Kier alpha value is -3.29. The van der Waals surface area contributed by atoms with Crippen LogP contribution in [0.1, 0.15) is 17.3 Å². The van der Waals surface area contributed by atoms with Crippen molar-refractivity contribution in [1.82, 2.24) is 0 Å². The third kappa shape index (κ3) is 4.89. The van der Waals surface area contributed by atoms with E-state index in [4.69, 9.17) is 0 Å². The first-order valence-corrected chi connectivity index (χ1v) is 13.2. The van der Waals surface area contributed by atoms with Gasteiger partial charge in [-0.15, -0.1) is 11.8 Å². The van der Waals surface area contributed by atoms with Crippen LogP contribution in [0, 0.1) is 0 Å². The Morgan fingerprint density at radius 2 is 1.55 bits per heavy atom. The second kappa shape index (κ2) is 9.68. The molecule has 5 nitrogen and oxygen atoms in total. The Morgan fingerprint density at radius 3 is 2.18 bits per heavy atom. The van der Waals surface area contributed by atoms with Gasteiger partial charge in [-0.2, -0.15) is 0 Å². The summed E-state index contributed by atoms with van der Waals surface area (Å²) in [5, 5.41) is 5.05. The van der Waals surface area contributed by atoms with Crippen molar-refractivity contribution in [2.75, 3.05) is 22.4 Å². The molecule has 33 heavy (non-hydrogen) atoms. The monoisotopic (exact) mass is 476 g/mol. The molecule has 0 aliphatic heterocycles. The molecule has 7 heteroatoms. The number of carbonyl (C=O) groups excluding carboxylic acids is 1. The fraction of sp³-hybridized carbons (Fsp3) is 0.115. The Kier molecular flexibility index (Phi) is 6.72. The molecule has 0 unspecified atom stereocenters. The topological polar surface area (TPSA) is 66.5 Å². The summed E-state index contributed by atoms with van der Waals surface area (Å²) in [5.41, 5.74) is 1.66. The van der Waals surface area contributed by atoms with Crippen molar-refractivity contribution in [1.29, 1.82) is 0 Å². The molecule has 0 aliphatic rings. The van der Waals surface area contributed by atoms with Crippen LogP contribution in [0.4, 0.5) is 11.4 Å². The Labute approximate surface area is 198 Å². The van der Waals surface area contributed by atoms with Gasteiger partial charge < -0.3 is 5.32 Å². The Bertz CT molecular complexity index is 1380. The second-order valence-electron chi connectivity index (χ2n) is 7.41. The Morgan fingerprint density at radius 1 is 0.879 bits per heavy atom. The van der Waals surface area contributed by atoms with E-state index >= 15 is 0 Å². The maximum absolute atomic E-state index is 13.2. The van der Waals surface area contributed by atoms with E-state index in [0.717, 1.165) is 15.7 Å². The number of hydrogen-bond acceptors (Lipinski definition) is 4. The van der Waals surface area contributed by atoms with Crippen molar-refractivity contribution < 1.29 is 13.2 Å². The molecule has 0 aliphatic carbocycles. The molecule has 1 amide bonds. The van der Waals surface area contributed by atoms with Crippen LogP contribution in [0.2, 0.25) is 0 Å². The molecule has 4 aromatic carbocycles. The van der Waals surface area contributed by atoms with Crippen LogP contribution in [0.25, 0.3) is 10.8 Å². The van der Waals surface area contributed by atoms with Gasteiger partial charge in [-0.05, 0) is 84.6 Å². The van der Waals surface area contributed by atoms with Crippen molar-refractivity contribution in [3.63, 3.8) is 0 Å². The van der Waals surface area contributed by atoms with Crippen LogP contribution in [-0.2, 0) is 10.0 Å². The lowest BCUT2D eigenvalue weighted by molar-refractivity contribution is 0.102. The summed E-state index contributed by atoms with van der Waals surface area (Å²) in [5.74, 6) is -0.254. The van der Waals surface area contributed by atoms with Crippen molar-refractivity contribution >= 4 is 49.8 Å². The van der Waals surface area contributed by atoms with E-state index in [1.54, 1.807) is 67.2 Å². The molecule has 0 saturated carbocycles. The minimum atomic E-state index is -3.71. The molecule has 4 rings (SSSR count). The molecule has 0 heterocycles. The summed E-state index contributed by atoms with van der Waals surface area (Å²) in [6, 6.07) is 27.1. The second-order valence-corrected chi connectivity index (χ2v) is 10.2. The Balaban J connectivity index is 1.53. The van der Waals surface area contributed by atoms with Crippen LogP contribution >= 0.6 is 11.8 Å². The first-order valence-electron chi connectivity index (χ1n) is 10.5. The molecular formula is C26H24N2O3S2. The highest BCUT2D eigenvalue weighted by Crippen LogP contribution is 2.26. The zero-order valence-corrected chi connectivity index (χ0v) is 20.0. The van der Waals surface area contributed by atoms with Gasteiger partial charge in [0.2, 0.25) is 0 Å². The lowest BCUT2D eigenvalue weighted by Gasteiger charge is -2.23. The van der Waals surface area contributed by atoms with Crippen molar-refractivity contribution in [2.24, 2.45) is 0 Å². The highest BCUT2D eigenvalue weighted by atomic mass is 32.2. The number of sulfonamides is 1. The minimum Gasteiger partial charge on any atom is -0.322 e. The number of rotatable bonds is 7. The molecule has 0 fully saturated rings. The predicted molar refractivity (Wildman–Crippen MR) is 137 cm³/mol. The van der Waals surface area contributed by atoms with E-state index in [9.17, 15) is 13.2 Å². The van der Waals surface area contributed by atoms with E-state index in [1.165, 1.54) is 4.31 Å². The summed E-state index contributed by atoms with van der Waals surface area (Å²) in [6.07, 6.45) is 1.94. The van der Waals surface area contributed by atoms with Crippen LogP contribution in [0.3, 0.4) is 0 Å². The summed E-state index contributed by atoms with van der Waals surface area (Å²) >= 11 is 1.56. The highest BCUT2D eigenvalue weighted by molar-refractivity contribution is 7.98. The number of carbonyl (C=O) groups is 1. The number of hydrogen-bond donors (Lipinski definition) is 1. The fourth-order valence-electron chi connectivity index (χ4n) is 3.62. The third-order valence-electron chi connectivity index (χ3n) is 5.36. The first-order chi connectivity index (χ1) is 15.9. The van der Waals surface area contributed by atoms with E-state index < -0.39 is 10.0 Å². The fourth-order valence-corrected chi connectivity index (χ4v) is 5.50. The smallest absolute Gasteiger partial charge is 0.264 e. The summed E-state index contributed by atoms with van der Waals surface area (Å²) < 4.78 is 27.7. The summed E-state index contributed by atoms with van der Waals surface area (Å²) in [6.45, 7) is 2.06. The molecule has 0 atom stereocenters. The van der Waals surface area contributed by atoms with Gasteiger partial charge in [0.15, 0.2) is 0 Å². The SMILES string of the molecule is CCN(c1ccc(C(=O)Nc2ccc3ccccc3c2)cc1)S(=O)(=O)c1ccc(SC)cc1. The summed E-state index contributed by atoms with van der Waals surface area (Å²) in [7, 11) is -3.71. The lowest BCUT2D eigenvalue weighted by Crippen LogP contribution is -2.30. The lowest BCUT2D eigenvalue weighted by atomic mass is 10.1.